The average Bonchev–Trinajstić information content (AvgIpc) is 2.94. The Hall–Kier alpha value is -0.850. The van der Waals surface area contributed by atoms with Crippen molar-refractivity contribution in [1.29, 1.82) is 0 Å². The highest BCUT2D eigenvalue weighted by atomic mass is 32.2. The van der Waals surface area contributed by atoms with Crippen molar-refractivity contribution >= 4 is 23.1 Å². The lowest BCUT2D eigenvalue weighted by Crippen LogP contribution is -2.25. The van der Waals surface area contributed by atoms with E-state index >= 15 is 0 Å². The van der Waals surface area contributed by atoms with E-state index in [-0.39, 0.29) is 11.3 Å². The molecule has 2 heterocycles. The van der Waals surface area contributed by atoms with E-state index in [0.29, 0.717) is 0 Å². The summed E-state index contributed by atoms with van der Waals surface area (Å²) in [6, 6.07) is 4.01. The fourth-order valence-corrected chi connectivity index (χ4v) is 3.81. The molecule has 4 nitrogen and oxygen atoms in total. The minimum atomic E-state index is 0.0461. The molecule has 2 aromatic heterocycles. The standard InChI is InChI=1S/C12H17N3OS2/c1-4-9(13)11(10-6-5-7(2)16-10)18-12-15-14-8(3)17-12/h5-6,9,11H,4,13H2,1-3H3. The highest BCUT2D eigenvalue weighted by Gasteiger charge is 2.24. The Labute approximate surface area is 115 Å². The lowest BCUT2D eigenvalue weighted by molar-refractivity contribution is 0.454. The molecule has 0 aromatic carbocycles. The number of nitrogens with zero attached hydrogens (tertiary/aromatic N) is 2. The topological polar surface area (TPSA) is 64.9 Å². The number of hydrogen-bond donors (Lipinski definition) is 1. The van der Waals surface area contributed by atoms with Gasteiger partial charge in [0, 0.05) is 6.04 Å². The quantitative estimate of drug-likeness (QED) is 0.853. The van der Waals surface area contributed by atoms with Crippen LogP contribution in [-0.4, -0.2) is 16.2 Å². The third-order valence-corrected chi connectivity index (χ3v) is 4.93. The van der Waals surface area contributed by atoms with E-state index in [1.807, 2.05) is 26.0 Å². The van der Waals surface area contributed by atoms with Gasteiger partial charge in [-0.2, -0.15) is 0 Å². The molecule has 2 aromatic rings. The minimum absolute atomic E-state index is 0.0461. The van der Waals surface area contributed by atoms with Gasteiger partial charge in [0.1, 0.15) is 16.5 Å². The summed E-state index contributed by atoms with van der Waals surface area (Å²) < 4.78 is 6.64. The molecule has 6 heteroatoms. The first-order valence-electron chi connectivity index (χ1n) is 5.88. The Morgan fingerprint density at radius 2 is 2.17 bits per heavy atom. The molecule has 2 unspecified atom stereocenters. The van der Waals surface area contributed by atoms with E-state index in [2.05, 4.69) is 17.1 Å². The molecule has 0 aliphatic carbocycles. The monoisotopic (exact) mass is 283 g/mol. The van der Waals surface area contributed by atoms with Crippen LogP contribution in [0.4, 0.5) is 0 Å². The van der Waals surface area contributed by atoms with Gasteiger partial charge in [-0.1, -0.05) is 30.0 Å². The molecule has 0 aliphatic heterocycles. The number of hydrogen-bond acceptors (Lipinski definition) is 6. The van der Waals surface area contributed by atoms with Gasteiger partial charge < -0.3 is 10.2 Å². The number of thioether (sulfide) groups is 1. The number of furan rings is 1. The molecular weight excluding hydrogens is 266 g/mol. The first-order valence-corrected chi connectivity index (χ1v) is 7.58. The molecule has 0 fully saturated rings. The summed E-state index contributed by atoms with van der Waals surface area (Å²) in [6.45, 7) is 5.98. The summed E-state index contributed by atoms with van der Waals surface area (Å²) in [5.74, 6) is 1.83. The van der Waals surface area contributed by atoms with Gasteiger partial charge in [0.2, 0.25) is 0 Å². The van der Waals surface area contributed by atoms with Crippen LogP contribution in [-0.2, 0) is 0 Å². The zero-order valence-electron chi connectivity index (χ0n) is 10.7. The zero-order valence-corrected chi connectivity index (χ0v) is 12.3. The fraction of sp³-hybridized carbons (Fsp3) is 0.500. The molecule has 18 heavy (non-hydrogen) atoms. The second-order valence-corrected chi connectivity index (χ2v) is 6.72. The van der Waals surface area contributed by atoms with Crippen LogP contribution in [0.25, 0.3) is 0 Å². The van der Waals surface area contributed by atoms with Crippen molar-refractivity contribution in [2.24, 2.45) is 5.73 Å². The molecule has 0 bridgehead atoms. The van der Waals surface area contributed by atoms with Gasteiger partial charge in [0.25, 0.3) is 0 Å². The minimum Gasteiger partial charge on any atom is -0.465 e. The van der Waals surface area contributed by atoms with E-state index < -0.39 is 0 Å². The van der Waals surface area contributed by atoms with Gasteiger partial charge in [-0.25, -0.2) is 0 Å². The van der Waals surface area contributed by atoms with Crippen LogP contribution in [0.3, 0.4) is 0 Å². The smallest absolute Gasteiger partial charge is 0.175 e. The first-order chi connectivity index (χ1) is 8.60. The Kier molecular flexibility index (Phi) is 4.42. The molecule has 0 saturated carbocycles. The van der Waals surface area contributed by atoms with Gasteiger partial charge in [-0.05, 0) is 32.4 Å². The van der Waals surface area contributed by atoms with Crippen LogP contribution >= 0.6 is 23.1 Å². The van der Waals surface area contributed by atoms with Crippen LogP contribution in [0.5, 0.6) is 0 Å². The number of aryl methyl sites for hydroxylation is 2. The first kappa shape index (κ1) is 13.6. The van der Waals surface area contributed by atoms with Gasteiger partial charge in [0.05, 0.1) is 5.25 Å². The second kappa shape index (κ2) is 5.86. The Balaban J connectivity index is 2.20. The van der Waals surface area contributed by atoms with Gasteiger partial charge >= 0.3 is 0 Å². The maximum atomic E-state index is 6.19. The van der Waals surface area contributed by atoms with Crippen LogP contribution in [0.2, 0.25) is 0 Å². The van der Waals surface area contributed by atoms with Crippen molar-refractivity contribution in [2.75, 3.05) is 0 Å². The molecule has 0 aliphatic rings. The third kappa shape index (κ3) is 3.13. The molecule has 0 radical (unpaired) electrons. The second-order valence-electron chi connectivity index (χ2n) is 4.15. The van der Waals surface area contributed by atoms with E-state index in [1.165, 1.54) is 0 Å². The summed E-state index contributed by atoms with van der Waals surface area (Å²) in [7, 11) is 0. The predicted octanol–water partition coefficient (Wildman–Crippen LogP) is 3.32. The Bertz CT molecular complexity index is 509. The van der Waals surface area contributed by atoms with E-state index in [4.69, 9.17) is 10.2 Å². The van der Waals surface area contributed by atoms with Gasteiger partial charge in [0.15, 0.2) is 4.34 Å². The molecule has 0 amide bonds. The highest BCUT2D eigenvalue weighted by molar-refractivity contribution is 8.01. The lowest BCUT2D eigenvalue weighted by atomic mass is 10.1. The fourth-order valence-electron chi connectivity index (χ4n) is 1.61. The molecule has 2 N–H and O–H groups in total. The maximum absolute atomic E-state index is 6.19. The van der Waals surface area contributed by atoms with Crippen molar-refractivity contribution in [3.8, 4) is 0 Å². The predicted molar refractivity (Wildman–Crippen MR) is 75.0 cm³/mol. The number of nitrogens with two attached hydrogens (primary N) is 1. The molecule has 0 spiro atoms. The van der Waals surface area contributed by atoms with Crippen molar-refractivity contribution in [1.82, 2.24) is 10.2 Å². The lowest BCUT2D eigenvalue weighted by Gasteiger charge is -2.18. The van der Waals surface area contributed by atoms with E-state index in [1.54, 1.807) is 23.1 Å². The van der Waals surface area contributed by atoms with Gasteiger partial charge in [-0.3, -0.25) is 0 Å². The molecule has 2 atom stereocenters. The third-order valence-electron chi connectivity index (χ3n) is 2.64. The normalized spacial score (nSPS) is 14.7. The van der Waals surface area contributed by atoms with Crippen molar-refractivity contribution in [2.45, 2.75) is 42.8 Å². The highest BCUT2D eigenvalue weighted by Crippen LogP contribution is 2.39. The van der Waals surface area contributed by atoms with Crippen LogP contribution in [0.1, 0.15) is 35.1 Å². The van der Waals surface area contributed by atoms with Gasteiger partial charge in [-0.15, -0.1) is 10.2 Å². The molecule has 0 saturated heterocycles. The van der Waals surface area contributed by atoms with Crippen LogP contribution in [0, 0.1) is 13.8 Å². The molecule has 2 rings (SSSR count). The average molecular weight is 283 g/mol. The zero-order chi connectivity index (χ0) is 13.1. The Morgan fingerprint density at radius 1 is 1.39 bits per heavy atom. The number of aromatic nitrogens is 2. The molecular formula is C12H17N3OS2. The van der Waals surface area contributed by atoms with E-state index in [0.717, 1.165) is 27.3 Å². The van der Waals surface area contributed by atoms with E-state index in [9.17, 15) is 0 Å². The van der Waals surface area contributed by atoms with Crippen molar-refractivity contribution in [3.05, 3.63) is 28.7 Å². The van der Waals surface area contributed by atoms with Crippen LogP contribution < -0.4 is 5.73 Å². The summed E-state index contributed by atoms with van der Waals surface area (Å²) in [4.78, 5) is 0. The largest absolute Gasteiger partial charge is 0.465 e. The number of rotatable bonds is 5. The Morgan fingerprint density at radius 3 is 2.67 bits per heavy atom. The summed E-state index contributed by atoms with van der Waals surface area (Å²) in [6.07, 6.45) is 0.898. The van der Waals surface area contributed by atoms with Crippen molar-refractivity contribution in [3.63, 3.8) is 0 Å². The van der Waals surface area contributed by atoms with Crippen molar-refractivity contribution < 1.29 is 4.42 Å². The maximum Gasteiger partial charge on any atom is 0.175 e. The van der Waals surface area contributed by atoms with Crippen LogP contribution in [0.15, 0.2) is 20.9 Å². The summed E-state index contributed by atoms with van der Waals surface area (Å²) in [5, 5.41) is 9.23. The molecule has 98 valence electrons. The summed E-state index contributed by atoms with van der Waals surface area (Å²) in [5.41, 5.74) is 6.19. The summed E-state index contributed by atoms with van der Waals surface area (Å²) >= 11 is 3.22. The SMILES string of the molecule is CCC(N)C(Sc1nnc(C)s1)c1ccc(C)o1.